The number of rotatable bonds is 4. The van der Waals surface area contributed by atoms with Crippen LogP contribution in [0.5, 0.6) is 5.75 Å². The fourth-order valence-electron chi connectivity index (χ4n) is 1.82. The molecule has 0 saturated heterocycles. The molecule has 1 aromatic heterocycles. The van der Waals surface area contributed by atoms with E-state index in [-0.39, 0.29) is 11.9 Å². The van der Waals surface area contributed by atoms with Crippen molar-refractivity contribution in [1.29, 1.82) is 0 Å². The van der Waals surface area contributed by atoms with Crippen LogP contribution in [0.1, 0.15) is 30.1 Å². The Labute approximate surface area is 112 Å². The molecule has 0 saturated carbocycles. The minimum atomic E-state index is -0.434. The number of benzene rings is 1. The number of aryl methyl sites for hydroxylation is 2. The van der Waals surface area contributed by atoms with Gasteiger partial charge in [0, 0.05) is 12.1 Å². The minimum absolute atomic E-state index is 0.269. The predicted molar refractivity (Wildman–Crippen MR) is 71.6 cm³/mol. The van der Waals surface area contributed by atoms with Gasteiger partial charge in [0.05, 0.1) is 0 Å². The van der Waals surface area contributed by atoms with Crippen LogP contribution in [0, 0.1) is 19.7 Å². The Morgan fingerprint density at radius 1 is 1.21 bits per heavy atom. The van der Waals surface area contributed by atoms with Crippen molar-refractivity contribution in [1.82, 2.24) is 0 Å². The second-order valence-electron chi connectivity index (χ2n) is 4.76. The summed E-state index contributed by atoms with van der Waals surface area (Å²) in [4.78, 5) is 0. The molecule has 3 nitrogen and oxygen atoms in total. The standard InChI is InChI=1S/C15H18FNO2/c1-9-4-6-12(8-13(9)16)19-15(11(3)17)14-7-5-10(2)18-14/h4-8,11,15H,17H2,1-3H3. The third-order valence-corrected chi connectivity index (χ3v) is 2.93. The molecule has 4 heteroatoms. The van der Waals surface area contributed by atoms with Gasteiger partial charge < -0.3 is 14.9 Å². The van der Waals surface area contributed by atoms with E-state index in [1.165, 1.54) is 6.07 Å². The maximum Gasteiger partial charge on any atom is 0.171 e. The van der Waals surface area contributed by atoms with Gasteiger partial charge in [-0.15, -0.1) is 0 Å². The van der Waals surface area contributed by atoms with E-state index in [9.17, 15) is 4.39 Å². The van der Waals surface area contributed by atoms with Crippen LogP contribution in [0.3, 0.4) is 0 Å². The Morgan fingerprint density at radius 3 is 2.47 bits per heavy atom. The highest BCUT2D eigenvalue weighted by Crippen LogP contribution is 2.26. The molecule has 2 N–H and O–H groups in total. The third-order valence-electron chi connectivity index (χ3n) is 2.93. The molecule has 2 rings (SSSR count). The number of nitrogens with two attached hydrogens (primary N) is 1. The molecule has 2 atom stereocenters. The van der Waals surface area contributed by atoms with Crippen LogP contribution < -0.4 is 10.5 Å². The summed E-state index contributed by atoms with van der Waals surface area (Å²) in [5, 5.41) is 0. The van der Waals surface area contributed by atoms with Crippen LogP contribution in [0.4, 0.5) is 4.39 Å². The van der Waals surface area contributed by atoms with Crippen molar-refractivity contribution in [3.05, 3.63) is 53.2 Å². The van der Waals surface area contributed by atoms with Gasteiger partial charge >= 0.3 is 0 Å². The van der Waals surface area contributed by atoms with E-state index in [1.807, 2.05) is 26.0 Å². The topological polar surface area (TPSA) is 48.4 Å². The molecule has 0 spiro atoms. The molecule has 0 aliphatic heterocycles. The van der Waals surface area contributed by atoms with Crippen molar-refractivity contribution in [2.45, 2.75) is 32.9 Å². The Balaban J connectivity index is 2.23. The van der Waals surface area contributed by atoms with Crippen LogP contribution >= 0.6 is 0 Å². The average Bonchev–Trinajstić information content (AvgIpc) is 2.76. The average molecular weight is 263 g/mol. The molecule has 0 bridgehead atoms. The van der Waals surface area contributed by atoms with Crippen LogP contribution in [0.25, 0.3) is 0 Å². The van der Waals surface area contributed by atoms with E-state index in [2.05, 4.69) is 0 Å². The Morgan fingerprint density at radius 2 is 1.95 bits per heavy atom. The van der Waals surface area contributed by atoms with E-state index in [0.717, 1.165) is 5.76 Å². The van der Waals surface area contributed by atoms with Crippen molar-refractivity contribution in [3.8, 4) is 5.75 Å². The molecule has 19 heavy (non-hydrogen) atoms. The van der Waals surface area contributed by atoms with E-state index in [0.29, 0.717) is 17.1 Å². The molecular formula is C15H18FNO2. The normalized spacial score (nSPS) is 14.2. The lowest BCUT2D eigenvalue weighted by Gasteiger charge is -2.20. The van der Waals surface area contributed by atoms with Gasteiger partial charge in [0.25, 0.3) is 0 Å². The monoisotopic (exact) mass is 263 g/mol. The molecule has 2 unspecified atom stereocenters. The van der Waals surface area contributed by atoms with Gasteiger partial charge in [0.2, 0.25) is 0 Å². The van der Waals surface area contributed by atoms with Gasteiger partial charge in [-0.3, -0.25) is 0 Å². The first-order valence-corrected chi connectivity index (χ1v) is 6.22. The zero-order chi connectivity index (χ0) is 14.0. The molecule has 0 amide bonds. The molecule has 0 aliphatic carbocycles. The van der Waals surface area contributed by atoms with E-state index < -0.39 is 6.10 Å². The Kier molecular flexibility index (Phi) is 3.90. The molecular weight excluding hydrogens is 245 g/mol. The number of ether oxygens (including phenoxy) is 1. The molecule has 2 aromatic rings. The minimum Gasteiger partial charge on any atom is -0.481 e. The van der Waals surface area contributed by atoms with Crippen LogP contribution in [0.2, 0.25) is 0 Å². The fourth-order valence-corrected chi connectivity index (χ4v) is 1.82. The smallest absolute Gasteiger partial charge is 0.171 e. The molecule has 0 fully saturated rings. The zero-order valence-corrected chi connectivity index (χ0v) is 11.3. The summed E-state index contributed by atoms with van der Waals surface area (Å²) in [6, 6.07) is 8.17. The first kappa shape index (κ1) is 13.6. The molecule has 0 aliphatic rings. The maximum atomic E-state index is 13.5. The maximum absolute atomic E-state index is 13.5. The van der Waals surface area contributed by atoms with E-state index in [1.54, 1.807) is 19.1 Å². The van der Waals surface area contributed by atoms with Crippen LogP contribution in [-0.2, 0) is 0 Å². The largest absolute Gasteiger partial charge is 0.481 e. The number of hydrogen-bond acceptors (Lipinski definition) is 3. The summed E-state index contributed by atoms with van der Waals surface area (Å²) in [6.45, 7) is 5.39. The van der Waals surface area contributed by atoms with Crippen molar-refractivity contribution in [3.63, 3.8) is 0 Å². The zero-order valence-electron chi connectivity index (χ0n) is 11.3. The Bertz CT molecular complexity index is 563. The first-order valence-electron chi connectivity index (χ1n) is 6.22. The summed E-state index contributed by atoms with van der Waals surface area (Å²) < 4.78 is 24.8. The summed E-state index contributed by atoms with van der Waals surface area (Å²) >= 11 is 0. The van der Waals surface area contributed by atoms with E-state index >= 15 is 0 Å². The highest BCUT2D eigenvalue weighted by Gasteiger charge is 2.22. The van der Waals surface area contributed by atoms with E-state index in [4.69, 9.17) is 14.9 Å². The van der Waals surface area contributed by atoms with Gasteiger partial charge in [-0.05, 0) is 44.5 Å². The van der Waals surface area contributed by atoms with Crippen LogP contribution in [0.15, 0.2) is 34.7 Å². The van der Waals surface area contributed by atoms with Crippen LogP contribution in [-0.4, -0.2) is 6.04 Å². The molecule has 0 radical (unpaired) electrons. The summed E-state index contributed by atoms with van der Waals surface area (Å²) in [6.07, 6.45) is -0.434. The molecule has 1 aromatic carbocycles. The lowest BCUT2D eigenvalue weighted by Crippen LogP contribution is -2.28. The predicted octanol–water partition coefficient (Wildman–Crippen LogP) is 3.50. The third kappa shape index (κ3) is 3.15. The summed E-state index contributed by atoms with van der Waals surface area (Å²) in [7, 11) is 0. The SMILES string of the molecule is Cc1ccc(C(Oc2ccc(C)c(F)c2)C(C)N)o1. The van der Waals surface area contributed by atoms with Gasteiger partial charge in [0.15, 0.2) is 6.10 Å². The van der Waals surface area contributed by atoms with Crippen molar-refractivity contribution < 1.29 is 13.5 Å². The Hall–Kier alpha value is -1.81. The van der Waals surface area contributed by atoms with Crippen molar-refractivity contribution >= 4 is 0 Å². The van der Waals surface area contributed by atoms with Crippen molar-refractivity contribution in [2.24, 2.45) is 5.73 Å². The van der Waals surface area contributed by atoms with Gasteiger partial charge in [0.1, 0.15) is 23.1 Å². The number of hydrogen-bond donors (Lipinski definition) is 1. The quantitative estimate of drug-likeness (QED) is 0.918. The molecule has 1 heterocycles. The highest BCUT2D eigenvalue weighted by atomic mass is 19.1. The van der Waals surface area contributed by atoms with Gasteiger partial charge in [-0.1, -0.05) is 6.07 Å². The number of furan rings is 1. The highest BCUT2D eigenvalue weighted by molar-refractivity contribution is 5.29. The second-order valence-corrected chi connectivity index (χ2v) is 4.76. The van der Waals surface area contributed by atoms with Crippen molar-refractivity contribution in [2.75, 3.05) is 0 Å². The second kappa shape index (κ2) is 5.45. The summed E-state index contributed by atoms with van der Waals surface area (Å²) in [5.41, 5.74) is 6.50. The lowest BCUT2D eigenvalue weighted by atomic mass is 10.1. The first-order chi connectivity index (χ1) is 8.97. The lowest BCUT2D eigenvalue weighted by molar-refractivity contribution is 0.151. The van der Waals surface area contributed by atoms with Gasteiger partial charge in [-0.2, -0.15) is 0 Å². The van der Waals surface area contributed by atoms with Gasteiger partial charge in [-0.25, -0.2) is 4.39 Å². The molecule has 102 valence electrons. The summed E-state index contributed by atoms with van der Waals surface area (Å²) in [5.74, 6) is 1.59. The fraction of sp³-hybridized carbons (Fsp3) is 0.333. The number of halogens is 1.